The van der Waals surface area contributed by atoms with Crippen LogP contribution in [-0.2, 0) is 10.0 Å². The topological polar surface area (TPSA) is 79.3 Å². The van der Waals surface area contributed by atoms with Crippen molar-refractivity contribution in [3.8, 4) is 0 Å². The minimum Gasteiger partial charge on any atom is -0.396 e. The van der Waals surface area contributed by atoms with E-state index in [0.717, 1.165) is 6.42 Å². The van der Waals surface area contributed by atoms with Crippen LogP contribution in [0, 0.1) is 5.92 Å². The van der Waals surface area contributed by atoms with Gasteiger partial charge in [-0.25, -0.2) is 13.1 Å². The van der Waals surface area contributed by atoms with Crippen LogP contribution >= 0.6 is 0 Å². The van der Waals surface area contributed by atoms with E-state index in [1.165, 1.54) is 18.5 Å². The van der Waals surface area contributed by atoms with Gasteiger partial charge in [-0.2, -0.15) is 0 Å². The van der Waals surface area contributed by atoms with Crippen molar-refractivity contribution in [3.05, 3.63) is 24.5 Å². The van der Waals surface area contributed by atoms with Gasteiger partial charge >= 0.3 is 0 Å². The molecule has 1 rings (SSSR count). The SMILES string of the molecule is CCC(CCO)CNS(=O)(=O)c1cccnc1. The Hall–Kier alpha value is -0.980. The molecule has 96 valence electrons. The summed E-state index contributed by atoms with van der Waals surface area (Å²) in [4.78, 5) is 3.94. The summed E-state index contributed by atoms with van der Waals surface area (Å²) in [6, 6.07) is 3.09. The lowest BCUT2D eigenvalue weighted by atomic mass is 10.0. The summed E-state index contributed by atoms with van der Waals surface area (Å²) in [5.74, 6) is 0.159. The predicted octanol–water partition coefficient (Wildman–Crippen LogP) is 0.769. The molecule has 1 aromatic heterocycles. The molecule has 5 nitrogen and oxygen atoms in total. The average molecular weight is 258 g/mol. The molecule has 0 bridgehead atoms. The third kappa shape index (κ3) is 4.41. The molecule has 1 atom stereocenters. The predicted molar refractivity (Wildman–Crippen MR) is 64.9 cm³/mol. The van der Waals surface area contributed by atoms with Crippen LogP contribution in [0.4, 0.5) is 0 Å². The van der Waals surface area contributed by atoms with Crippen molar-refractivity contribution >= 4 is 10.0 Å². The molecular formula is C11H18N2O3S. The average Bonchev–Trinajstić information content (AvgIpc) is 2.35. The van der Waals surface area contributed by atoms with E-state index in [9.17, 15) is 8.42 Å². The van der Waals surface area contributed by atoms with E-state index in [-0.39, 0.29) is 17.4 Å². The summed E-state index contributed by atoms with van der Waals surface area (Å²) in [5.41, 5.74) is 0. The fourth-order valence-electron chi connectivity index (χ4n) is 1.45. The Morgan fingerprint density at radius 3 is 2.82 bits per heavy atom. The van der Waals surface area contributed by atoms with E-state index >= 15 is 0 Å². The van der Waals surface area contributed by atoms with Gasteiger partial charge in [0.05, 0.1) is 0 Å². The van der Waals surface area contributed by atoms with E-state index in [1.807, 2.05) is 6.92 Å². The molecule has 0 saturated carbocycles. The summed E-state index contributed by atoms with van der Waals surface area (Å²) < 4.78 is 26.2. The standard InChI is InChI=1S/C11H18N2O3S/c1-2-10(5-7-14)8-13-17(15,16)11-4-3-6-12-9-11/h3-4,6,9-10,13-14H,2,5,7-8H2,1H3. The van der Waals surface area contributed by atoms with Crippen LogP contribution in [0.1, 0.15) is 19.8 Å². The van der Waals surface area contributed by atoms with Gasteiger partial charge in [0.25, 0.3) is 0 Å². The first kappa shape index (κ1) is 14.1. The Labute approximate surface area is 102 Å². The molecule has 0 radical (unpaired) electrons. The molecule has 0 aliphatic carbocycles. The van der Waals surface area contributed by atoms with Crippen LogP contribution in [0.25, 0.3) is 0 Å². The van der Waals surface area contributed by atoms with Crippen molar-refractivity contribution in [1.29, 1.82) is 0 Å². The molecule has 0 spiro atoms. The highest BCUT2D eigenvalue weighted by Crippen LogP contribution is 2.09. The highest BCUT2D eigenvalue weighted by Gasteiger charge is 2.15. The second kappa shape index (κ2) is 6.68. The Bertz CT molecular complexity index is 420. The monoisotopic (exact) mass is 258 g/mol. The Morgan fingerprint density at radius 2 is 2.29 bits per heavy atom. The number of aromatic nitrogens is 1. The minimum atomic E-state index is -3.48. The molecule has 1 heterocycles. The minimum absolute atomic E-state index is 0.0765. The Balaban J connectivity index is 2.62. The van der Waals surface area contributed by atoms with Crippen LogP contribution in [0.3, 0.4) is 0 Å². The lowest BCUT2D eigenvalue weighted by molar-refractivity contribution is 0.254. The van der Waals surface area contributed by atoms with Crippen molar-refractivity contribution in [2.24, 2.45) is 5.92 Å². The quantitative estimate of drug-likeness (QED) is 0.757. The van der Waals surface area contributed by atoms with E-state index < -0.39 is 10.0 Å². The van der Waals surface area contributed by atoms with E-state index in [4.69, 9.17) is 5.11 Å². The molecule has 2 N–H and O–H groups in total. The maximum Gasteiger partial charge on any atom is 0.242 e. The fraction of sp³-hybridized carbons (Fsp3) is 0.545. The summed E-state index contributed by atoms with van der Waals surface area (Å²) >= 11 is 0. The lowest BCUT2D eigenvalue weighted by Gasteiger charge is -2.14. The first-order chi connectivity index (χ1) is 8.10. The van der Waals surface area contributed by atoms with Crippen LogP contribution in [0.2, 0.25) is 0 Å². The van der Waals surface area contributed by atoms with Crippen molar-refractivity contribution in [3.63, 3.8) is 0 Å². The van der Waals surface area contributed by atoms with Crippen LogP contribution < -0.4 is 4.72 Å². The number of sulfonamides is 1. The number of hydrogen-bond acceptors (Lipinski definition) is 4. The van der Waals surface area contributed by atoms with E-state index in [2.05, 4.69) is 9.71 Å². The van der Waals surface area contributed by atoms with Crippen molar-refractivity contribution in [2.75, 3.05) is 13.2 Å². The van der Waals surface area contributed by atoms with Crippen LogP contribution in [-0.4, -0.2) is 31.7 Å². The number of aliphatic hydroxyl groups excluding tert-OH is 1. The largest absolute Gasteiger partial charge is 0.396 e. The second-order valence-electron chi connectivity index (χ2n) is 3.83. The molecule has 0 aromatic carbocycles. The number of aliphatic hydroxyl groups is 1. The van der Waals surface area contributed by atoms with Gasteiger partial charge in [0.15, 0.2) is 0 Å². The zero-order valence-corrected chi connectivity index (χ0v) is 10.7. The van der Waals surface area contributed by atoms with Gasteiger partial charge in [-0.05, 0) is 24.5 Å². The Kier molecular flexibility index (Phi) is 5.54. The van der Waals surface area contributed by atoms with Crippen LogP contribution in [0.15, 0.2) is 29.4 Å². The zero-order chi connectivity index (χ0) is 12.7. The summed E-state index contributed by atoms with van der Waals surface area (Å²) in [7, 11) is -3.48. The zero-order valence-electron chi connectivity index (χ0n) is 9.83. The maximum absolute atomic E-state index is 11.8. The first-order valence-corrected chi connectivity index (χ1v) is 7.09. The summed E-state index contributed by atoms with van der Waals surface area (Å²) in [5, 5.41) is 8.83. The molecule has 6 heteroatoms. The van der Waals surface area contributed by atoms with Gasteiger partial charge < -0.3 is 5.11 Å². The van der Waals surface area contributed by atoms with Gasteiger partial charge in [0.1, 0.15) is 4.90 Å². The highest BCUT2D eigenvalue weighted by molar-refractivity contribution is 7.89. The number of nitrogens with one attached hydrogen (secondary N) is 1. The second-order valence-corrected chi connectivity index (χ2v) is 5.59. The van der Waals surface area contributed by atoms with Crippen LogP contribution in [0.5, 0.6) is 0 Å². The fourth-order valence-corrected chi connectivity index (χ4v) is 2.53. The van der Waals surface area contributed by atoms with E-state index in [0.29, 0.717) is 13.0 Å². The summed E-state index contributed by atoms with van der Waals surface area (Å²) in [6.45, 7) is 2.39. The van der Waals surface area contributed by atoms with Gasteiger partial charge in [0, 0.05) is 25.5 Å². The molecular weight excluding hydrogens is 240 g/mol. The number of pyridine rings is 1. The molecule has 0 aliphatic rings. The summed E-state index contributed by atoms with van der Waals surface area (Å²) in [6.07, 6.45) is 4.27. The molecule has 1 unspecified atom stereocenters. The van der Waals surface area contributed by atoms with Gasteiger partial charge in [0.2, 0.25) is 10.0 Å². The van der Waals surface area contributed by atoms with Crippen molar-refractivity contribution in [1.82, 2.24) is 9.71 Å². The van der Waals surface area contributed by atoms with Gasteiger partial charge in [-0.1, -0.05) is 13.3 Å². The van der Waals surface area contributed by atoms with Crippen molar-refractivity contribution in [2.45, 2.75) is 24.7 Å². The molecule has 0 saturated heterocycles. The molecule has 0 fully saturated rings. The first-order valence-electron chi connectivity index (χ1n) is 5.60. The number of hydrogen-bond donors (Lipinski definition) is 2. The van der Waals surface area contributed by atoms with Gasteiger partial charge in [-0.15, -0.1) is 0 Å². The third-order valence-corrected chi connectivity index (χ3v) is 4.03. The van der Waals surface area contributed by atoms with Crippen molar-refractivity contribution < 1.29 is 13.5 Å². The van der Waals surface area contributed by atoms with Gasteiger partial charge in [-0.3, -0.25) is 4.98 Å². The highest BCUT2D eigenvalue weighted by atomic mass is 32.2. The smallest absolute Gasteiger partial charge is 0.242 e. The Morgan fingerprint density at radius 1 is 1.53 bits per heavy atom. The molecule has 0 amide bonds. The number of nitrogens with zero attached hydrogens (tertiary/aromatic N) is 1. The normalized spacial score (nSPS) is 13.5. The molecule has 1 aromatic rings. The third-order valence-electron chi connectivity index (χ3n) is 2.62. The molecule has 0 aliphatic heterocycles. The molecule has 17 heavy (non-hydrogen) atoms. The lowest BCUT2D eigenvalue weighted by Crippen LogP contribution is -2.29. The van der Waals surface area contributed by atoms with E-state index in [1.54, 1.807) is 6.07 Å². The number of rotatable bonds is 7. The maximum atomic E-state index is 11.8.